The van der Waals surface area contributed by atoms with E-state index >= 15 is 0 Å². The molecule has 0 aliphatic carbocycles. The molecule has 3 heteroatoms. The van der Waals surface area contributed by atoms with Gasteiger partial charge in [0.1, 0.15) is 6.07 Å². The summed E-state index contributed by atoms with van der Waals surface area (Å²) in [5.41, 5.74) is 1.02. The number of nitriles is 1. The van der Waals surface area contributed by atoms with Crippen molar-refractivity contribution in [2.45, 2.75) is 6.92 Å². The van der Waals surface area contributed by atoms with Crippen LogP contribution in [0.15, 0.2) is 36.4 Å². The molecule has 0 fully saturated rings. The van der Waals surface area contributed by atoms with Crippen molar-refractivity contribution in [3.05, 3.63) is 49.0 Å². The molecule has 0 aromatic heterocycles. The minimum atomic E-state index is -0.197. The van der Waals surface area contributed by atoms with Gasteiger partial charge >= 0.3 is 0 Å². The van der Waals surface area contributed by atoms with Gasteiger partial charge in [0.05, 0.1) is 11.3 Å². The summed E-state index contributed by atoms with van der Waals surface area (Å²) in [6.07, 6.45) is 0. The molecule has 1 amide bonds. The molecular weight excluding hydrogens is 212 g/mol. The third kappa shape index (κ3) is 1.85. The SMILES string of the molecule is [CH2]N(C(C)=O)c1ccc2ccccc2c1C#N. The van der Waals surface area contributed by atoms with Crippen molar-refractivity contribution < 1.29 is 4.79 Å². The average molecular weight is 223 g/mol. The summed E-state index contributed by atoms with van der Waals surface area (Å²) in [5.74, 6) is -0.197. The first-order chi connectivity index (χ1) is 8.15. The lowest BCUT2D eigenvalue weighted by atomic mass is 10.0. The van der Waals surface area contributed by atoms with E-state index in [1.165, 1.54) is 11.8 Å². The minimum absolute atomic E-state index is 0.197. The highest BCUT2D eigenvalue weighted by atomic mass is 16.2. The Morgan fingerprint density at radius 2 is 2.00 bits per heavy atom. The lowest BCUT2D eigenvalue weighted by Crippen LogP contribution is -2.21. The van der Waals surface area contributed by atoms with Crippen molar-refractivity contribution in [2.75, 3.05) is 4.90 Å². The molecule has 0 aliphatic rings. The van der Waals surface area contributed by atoms with E-state index in [-0.39, 0.29) is 5.91 Å². The fraction of sp³-hybridized carbons (Fsp3) is 0.0714. The molecule has 0 saturated carbocycles. The third-order valence-electron chi connectivity index (χ3n) is 2.69. The first kappa shape index (κ1) is 11.2. The summed E-state index contributed by atoms with van der Waals surface area (Å²) in [5, 5.41) is 11.0. The van der Waals surface area contributed by atoms with Crippen molar-refractivity contribution in [1.82, 2.24) is 0 Å². The number of fused-ring (bicyclic) bond motifs is 1. The molecule has 0 saturated heterocycles. The van der Waals surface area contributed by atoms with Crippen molar-refractivity contribution in [1.29, 1.82) is 5.26 Å². The largest absolute Gasteiger partial charge is 0.310 e. The summed E-state index contributed by atoms with van der Waals surface area (Å²) in [6.45, 7) is 1.42. The first-order valence-corrected chi connectivity index (χ1v) is 5.18. The van der Waals surface area contributed by atoms with Gasteiger partial charge in [-0.3, -0.25) is 4.79 Å². The molecule has 0 heterocycles. The number of hydrogen-bond donors (Lipinski definition) is 0. The Morgan fingerprint density at radius 3 is 2.65 bits per heavy atom. The van der Waals surface area contributed by atoms with Crippen LogP contribution in [0.2, 0.25) is 0 Å². The molecule has 2 rings (SSSR count). The normalized spacial score (nSPS) is 9.94. The highest BCUT2D eigenvalue weighted by Gasteiger charge is 2.13. The Balaban J connectivity index is 2.74. The maximum atomic E-state index is 11.3. The highest BCUT2D eigenvalue weighted by Crippen LogP contribution is 2.28. The Morgan fingerprint density at radius 1 is 1.29 bits per heavy atom. The number of hydrogen-bond acceptors (Lipinski definition) is 2. The van der Waals surface area contributed by atoms with Crippen LogP contribution in [0.25, 0.3) is 10.8 Å². The molecule has 83 valence electrons. The lowest BCUT2D eigenvalue weighted by molar-refractivity contribution is -0.116. The summed E-state index contributed by atoms with van der Waals surface area (Å²) in [7, 11) is 3.66. The van der Waals surface area contributed by atoms with E-state index in [1.807, 2.05) is 30.3 Å². The van der Waals surface area contributed by atoms with Crippen molar-refractivity contribution in [3.63, 3.8) is 0 Å². The quantitative estimate of drug-likeness (QED) is 0.746. The van der Waals surface area contributed by atoms with Gasteiger partial charge in [-0.1, -0.05) is 30.3 Å². The van der Waals surface area contributed by atoms with E-state index in [0.29, 0.717) is 11.3 Å². The number of carbonyl (C=O) groups excluding carboxylic acids is 1. The van der Waals surface area contributed by atoms with Gasteiger partial charge in [0.15, 0.2) is 0 Å². The highest BCUT2D eigenvalue weighted by molar-refractivity contribution is 5.99. The summed E-state index contributed by atoms with van der Waals surface area (Å²) < 4.78 is 0. The van der Waals surface area contributed by atoms with Gasteiger partial charge < -0.3 is 4.90 Å². The first-order valence-electron chi connectivity index (χ1n) is 5.18. The van der Waals surface area contributed by atoms with Gasteiger partial charge in [-0.15, -0.1) is 0 Å². The third-order valence-corrected chi connectivity index (χ3v) is 2.69. The predicted octanol–water partition coefficient (Wildman–Crippen LogP) is 2.86. The van der Waals surface area contributed by atoms with Crippen molar-refractivity contribution in [3.8, 4) is 6.07 Å². The standard InChI is InChI=1S/C14H11N2O/c1-10(17)16(2)14-8-7-11-5-3-4-6-12(11)13(14)9-15/h3-8H,2H2,1H3. The van der Waals surface area contributed by atoms with Crippen LogP contribution in [-0.2, 0) is 4.79 Å². The molecule has 0 spiro atoms. The average Bonchev–Trinajstić information content (AvgIpc) is 2.36. The zero-order valence-electron chi connectivity index (χ0n) is 9.47. The van der Waals surface area contributed by atoms with Crippen LogP contribution in [0, 0.1) is 18.4 Å². The zero-order valence-corrected chi connectivity index (χ0v) is 9.47. The summed E-state index contributed by atoms with van der Waals surface area (Å²) in [4.78, 5) is 12.5. The Kier molecular flexibility index (Phi) is 2.80. The summed E-state index contributed by atoms with van der Waals surface area (Å²) in [6, 6.07) is 13.3. The van der Waals surface area contributed by atoms with Crippen LogP contribution in [-0.4, -0.2) is 5.91 Å². The minimum Gasteiger partial charge on any atom is -0.310 e. The van der Waals surface area contributed by atoms with E-state index in [4.69, 9.17) is 0 Å². The number of anilines is 1. The Hall–Kier alpha value is -2.34. The molecule has 1 radical (unpaired) electrons. The number of carbonyl (C=O) groups is 1. The molecule has 17 heavy (non-hydrogen) atoms. The molecule has 0 bridgehead atoms. The van der Waals surface area contributed by atoms with E-state index in [9.17, 15) is 10.1 Å². The molecule has 2 aromatic carbocycles. The van der Waals surface area contributed by atoms with Gasteiger partial charge in [-0.2, -0.15) is 5.26 Å². The maximum Gasteiger partial charge on any atom is 0.223 e. The van der Waals surface area contributed by atoms with Crippen molar-refractivity contribution >= 4 is 22.4 Å². The van der Waals surface area contributed by atoms with Crippen LogP contribution in [0.3, 0.4) is 0 Å². The molecule has 0 N–H and O–H groups in total. The Labute approximate surface area is 99.9 Å². The molecule has 3 nitrogen and oxygen atoms in total. The van der Waals surface area contributed by atoms with E-state index in [2.05, 4.69) is 13.1 Å². The fourth-order valence-electron chi connectivity index (χ4n) is 1.77. The number of nitrogens with zero attached hydrogens (tertiary/aromatic N) is 2. The smallest absolute Gasteiger partial charge is 0.223 e. The zero-order chi connectivity index (χ0) is 12.4. The second-order valence-electron chi connectivity index (χ2n) is 3.74. The second-order valence-corrected chi connectivity index (χ2v) is 3.74. The molecule has 0 unspecified atom stereocenters. The fourth-order valence-corrected chi connectivity index (χ4v) is 1.77. The summed E-state index contributed by atoms with van der Waals surface area (Å²) >= 11 is 0. The van der Waals surface area contributed by atoms with Gasteiger partial charge in [0.25, 0.3) is 0 Å². The predicted molar refractivity (Wildman–Crippen MR) is 67.2 cm³/mol. The van der Waals surface area contributed by atoms with E-state index in [0.717, 1.165) is 10.8 Å². The lowest BCUT2D eigenvalue weighted by Gasteiger charge is -2.17. The van der Waals surface area contributed by atoms with Crippen LogP contribution in [0.5, 0.6) is 0 Å². The molecule has 2 aromatic rings. The molecule has 0 aliphatic heterocycles. The van der Waals surface area contributed by atoms with Gasteiger partial charge in [0.2, 0.25) is 5.91 Å². The second kappa shape index (κ2) is 4.26. The van der Waals surface area contributed by atoms with Crippen LogP contribution in [0.4, 0.5) is 5.69 Å². The van der Waals surface area contributed by atoms with Crippen LogP contribution in [0.1, 0.15) is 12.5 Å². The van der Waals surface area contributed by atoms with Crippen molar-refractivity contribution in [2.24, 2.45) is 0 Å². The van der Waals surface area contributed by atoms with Crippen LogP contribution < -0.4 is 4.90 Å². The number of amides is 1. The number of rotatable bonds is 1. The Bertz CT molecular complexity index is 626. The monoisotopic (exact) mass is 223 g/mol. The van der Waals surface area contributed by atoms with Gasteiger partial charge in [0, 0.05) is 19.4 Å². The van der Waals surface area contributed by atoms with Gasteiger partial charge in [-0.05, 0) is 11.5 Å². The topological polar surface area (TPSA) is 44.1 Å². The molecular formula is C14H11N2O. The maximum absolute atomic E-state index is 11.3. The van der Waals surface area contributed by atoms with Gasteiger partial charge in [-0.25, -0.2) is 0 Å². The van der Waals surface area contributed by atoms with E-state index < -0.39 is 0 Å². The van der Waals surface area contributed by atoms with E-state index in [1.54, 1.807) is 6.07 Å². The number of benzene rings is 2. The van der Waals surface area contributed by atoms with Crippen LogP contribution >= 0.6 is 0 Å². The molecule has 0 atom stereocenters.